The maximum atomic E-state index is 11.9. The monoisotopic (exact) mass is 286 g/mol. The van der Waals surface area contributed by atoms with Gasteiger partial charge >= 0.3 is 0 Å². The zero-order valence-electron chi connectivity index (χ0n) is 12.7. The normalized spacial score (nSPS) is 19.6. The van der Waals surface area contributed by atoms with Crippen LogP contribution in [-0.2, 0) is 21.4 Å². The van der Waals surface area contributed by atoms with Crippen LogP contribution in [0.5, 0.6) is 0 Å². The number of hydrogen-bond donors (Lipinski definition) is 2. The SMILES string of the molecule is CC1(C)C(=O)Nc2ccc(CCNC(=O)C3CCC3)cc21. The van der Waals surface area contributed by atoms with E-state index in [0.717, 1.165) is 36.1 Å². The highest BCUT2D eigenvalue weighted by atomic mass is 16.2. The molecule has 0 aromatic heterocycles. The van der Waals surface area contributed by atoms with Gasteiger partial charge in [0.25, 0.3) is 0 Å². The van der Waals surface area contributed by atoms with Crippen LogP contribution in [0.1, 0.15) is 44.2 Å². The molecule has 2 amide bonds. The second-order valence-corrected chi connectivity index (χ2v) is 6.63. The van der Waals surface area contributed by atoms with Crippen molar-refractivity contribution < 1.29 is 9.59 Å². The zero-order valence-corrected chi connectivity index (χ0v) is 12.7. The summed E-state index contributed by atoms with van der Waals surface area (Å²) in [5.74, 6) is 0.485. The van der Waals surface area contributed by atoms with E-state index in [1.807, 2.05) is 26.0 Å². The lowest BCUT2D eigenvalue weighted by Gasteiger charge is -2.24. The lowest BCUT2D eigenvalue weighted by Crippen LogP contribution is -2.35. The molecule has 1 aromatic carbocycles. The van der Waals surface area contributed by atoms with Gasteiger partial charge in [-0.1, -0.05) is 18.6 Å². The Hall–Kier alpha value is -1.84. The average Bonchev–Trinajstić information content (AvgIpc) is 2.59. The predicted molar refractivity (Wildman–Crippen MR) is 82.2 cm³/mol. The van der Waals surface area contributed by atoms with Crippen molar-refractivity contribution in [2.75, 3.05) is 11.9 Å². The molecular formula is C17H22N2O2. The van der Waals surface area contributed by atoms with Crippen LogP contribution in [0, 0.1) is 5.92 Å². The highest BCUT2D eigenvalue weighted by Gasteiger charge is 2.38. The number of fused-ring (bicyclic) bond motifs is 1. The maximum absolute atomic E-state index is 11.9. The highest BCUT2D eigenvalue weighted by Crippen LogP contribution is 2.37. The third-order valence-corrected chi connectivity index (χ3v) is 4.76. The number of amides is 2. The number of rotatable bonds is 4. The Balaban J connectivity index is 1.61. The topological polar surface area (TPSA) is 58.2 Å². The number of nitrogens with one attached hydrogen (secondary N) is 2. The summed E-state index contributed by atoms with van der Waals surface area (Å²) in [6, 6.07) is 6.07. The van der Waals surface area contributed by atoms with E-state index < -0.39 is 5.41 Å². The van der Waals surface area contributed by atoms with Gasteiger partial charge in [0.15, 0.2) is 0 Å². The molecule has 1 saturated carbocycles. The Labute approximate surface area is 125 Å². The molecule has 0 spiro atoms. The van der Waals surface area contributed by atoms with Crippen molar-refractivity contribution in [2.45, 2.75) is 44.9 Å². The predicted octanol–water partition coefficient (Wildman–Crippen LogP) is 2.38. The minimum atomic E-state index is -0.472. The Morgan fingerprint density at radius 1 is 1.38 bits per heavy atom. The van der Waals surface area contributed by atoms with Gasteiger partial charge in [-0.15, -0.1) is 0 Å². The van der Waals surface area contributed by atoms with Crippen LogP contribution >= 0.6 is 0 Å². The van der Waals surface area contributed by atoms with Gasteiger partial charge in [0.05, 0.1) is 5.41 Å². The van der Waals surface area contributed by atoms with E-state index in [1.54, 1.807) is 0 Å². The van der Waals surface area contributed by atoms with Crippen molar-refractivity contribution in [2.24, 2.45) is 5.92 Å². The van der Waals surface area contributed by atoms with Gasteiger partial charge in [-0.3, -0.25) is 9.59 Å². The summed E-state index contributed by atoms with van der Waals surface area (Å²) >= 11 is 0. The first kappa shape index (κ1) is 14.1. The molecule has 2 N–H and O–H groups in total. The maximum Gasteiger partial charge on any atom is 0.234 e. The van der Waals surface area contributed by atoms with E-state index >= 15 is 0 Å². The molecule has 0 saturated heterocycles. The Morgan fingerprint density at radius 2 is 2.14 bits per heavy atom. The molecule has 0 atom stereocenters. The molecule has 2 aliphatic rings. The number of hydrogen-bond acceptors (Lipinski definition) is 2. The van der Waals surface area contributed by atoms with Crippen molar-refractivity contribution in [1.29, 1.82) is 0 Å². The molecule has 1 aliphatic heterocycles. The molecule has 21 heavy (non-hydrogen) atoms. The minimum Gasteiger partial charge on any atom is -0.356 e. The van der Waals surface area contributed by atoms with Gasteiger partial charge < -0.3 is 10.6 Å². The standard InChI is InChI=1S/C17H22N2O2/c1-17(2)13-10-11(6-7-14(13)19-16(17)21)8-9-18-15(20)12-4-3-5-12/h6-7,10,12H,3-5,8-9H2,1-2H3,(H,18,20)(H,19,21). The van der Waals surface area contributed by atoms with Crippen molar-refractivity contribution >= 4 is 17.5 Å². The van der Waals surface area contributed by atoms with E-state index in [9.17, 15) is 9.59 Å². The van der Waals surface area contributed by atoms with Gasteiger partial charge in [0.2, 0.25) is 11.8 Å². The summed E-state index contributed by atoms with van der Waals surface area (Å²) in [5.41, 5.74) is 2.65. The van der Waals surface area contributed by atoms with Crippen LogP contribution < -0.4 is 10.6 Å². The van der Waals surface area contributed by atoms with Crippen LogP contribution in [0.15, 0.2) is 18.2 Å². The van der Waals surface area contributed by atoms with Gasteiger partial charge in [0.1, 0.15) is 0 Å². The Morgan fingerprint density at radius 3 is 2.81 bits per heavy atom. The highest BCUT2D eigenvalue weighted by molar-refractivity contribution is 6.05. The van der Waals surface area contributed by atoms with Crippen molar-refractivity contribution in [3.05, 3.63) is 29.3 Å². The minimum absolute atomic E-state index is 0.0490. The first-order valence-electron chi connectivity index (χ1n) is 7.71. The fourth-order valence-corrected chi connectivity index (χ4v) is 2.92. The Kier molecular flexibility index (Phi) is 3.47. The molecule has 4 nitrogen and oxygen atoms in total. The summed E-state index contributed by atoms with van der Waals surface area (Å²) in [4.78, 5) is 23.7. The molecule has 1 aromatic rings. The molecule has 0 radical (unpaired) electrons. The Bertz CT molecular complexity index is 588. The molecule has 1 fully saturated rings. The largest absolute Gasteiger partial charge is 0.356 e. The second kappa shape index (κ2) is 5.17. The lowest BCUT2D eigenvalue weighted by molar-refractivity contribution is -0.127. The summed E-state index contributed by atoms with van der Waals surface area (Å²) in [6.07, 6.45) is 4.05. The van der Waals surface area contributed by atoms with E-state index in [2.05, 4.69) is 16.7 Å². The van der Waals surface area contributed by atoms with Crippen LogP contribution in [0.4, 0.5) is 5.69 Å². The third kappa shape index (κ3) is 2.55. The molecule has 4 heteroatoms. The van der Waals surface area contributed by atoms with Gasteiger partial charge in [-0.25, -0.2) is 0 Å². The number of anilines is 1. The number of benzene rings is 1. The van der Waals surface area contributed by atoms with E-state index in [4.69, 9.17) is 0 Å². The summed E-state index contributed by atoms with van der Waals surface area (Å²) in [6.45, 7) is 4.54. The summed E-state index contributed by atoms with van der Waals surface area (Å²) in [7, 11) is 0. The van der Waals surface area contributed by atoms with Crippen LogP contribution in [0.25, 0.3) is 0 Å². The molecule has 0 bridgehead atoms. The first-order chi connectivity index (χ1) is 9.98. The van der Waals surface area contributed by atoms with E-state index in [-0.39, 0.29) is 17.7 Å². The van der Waals surface area contributed by atoms with Crippen LogP contribution in [0.2, 0.25) is 0 Å². The fraction of sp³-hybridized carbons (Fsp3) is 0.529. The van der Waals surface area contributed by atoms with Crippen molar-refractivity contribution in [1.82, 2.24) is 5.32 Å². The third-order valence-electron chi connectivity index (χ3n) is 4.76. The molecular weight excluding hydrogens is 264 g/mol. The van der Waals surface area contributed by atoms with E-state index in [0.29, 0.717) is 6.54 Å². The van der Waals surface area contributed by atoms with Gasteiger partial charge in [0, 0.05) is 18.2 Å². The summed E-state index contributed by atoms with van der Waals surface area (Å²) < 4.78 is 0. The first-order valence-corrected chi connectivity index (χ1v) is 7.71. The van der Waals surface area contributed by atoms with Crippen LogP contribution in [-0.4, -0.2) is 18.4 Å². The molecule has 112 valence electrons. The van der Waals surface area contributed by atoms with Crippen molar-refractivity contribution in [3.63, 3.8) is 0 Å². The van der Waals surface area contributed by atoms with Gasteiger partial charge in [-0.2, -0.15) is 0 Å². The van der Waals surface area contributed by atoms with Gasteiger partial charge in [-0.05, 0) is 50.3 Å². The molecule has 3 rings (SSSR count). The average molecular weight is 286 g/mol. The number of carbonyl (C=O) groups excluding carboxylic acids is 2. The number of carbonyl (C=O) groups is 2. The summed E-state index contributed by atoms with van der Waals surface area (Å²) in [5, 5.41) is 5.92. The fourth-order valence-electron chi connectivity index (χ4n) is 2.92. The van der Waals surface area contributed by atoms with E-state index in [1.165, 1.54) is 6.42 Å². The molecule has 1 heterocycles. The second-order valence-electron chi connectivity index (χ2n) is 6.63. The van der Waals surface area contributed by atoms with Crippen LogP contribution in [0.3, 0.4) is 0 Å². The zero-order chi connectivity index (χ0) is 15.0. The quantitative estimate of drug-likeness (QED) is 0.893. The lowest BCUT2D eigenvalue weighted by atomic mass is 9.84. The molecule has 0 unspecified atom stereocenters. The van der Waals surface area contributed by atoms with Crippen molar-refractivity contribution in [3.8, 4) is 0 Å². The molecule has 1 aliphatic carbocycles. The smallest absolute Gasteiger partial charge is 0.234 e.